The molecule has 1 fully saturated rings. The number of furan rings is 1. The molecule has 7 heteroatoms. The molecule has 24 heavy (non-hydrogen) atoms. The van der Waals surface area contributed by atoms with Crippen molar-refractivity contribution < 1.29 is 14.0 Å². The summed E-state index contributed by atoms with van der Waals surface area (Å²) in [5, 5.41) is 0. The van der Waals surface area contributed by atoms with Crippen LogP contribution < -0.4 is 5.43 Å². The minimum absolute atomic E-state index is 0.0398. The second-order valence-electron chi connectivity index (χ2n) is 5.83. The number of hydrogen-bond donors (Lipinski definition) is 1. The van der Waals surface area contributed by atoms with Crippen LogP contribution in [0.5, 0.6) is 0 Å². The van der Waals surface area contributed by atoms with Crippen LogP contribution in [0.2, 0.25) is 0 Å². The van der Waals surface area contributed by atoms with E-state index < -0.39 is 0 Å². The van der Waals surface area contributed by atoms with Crippen LogP contribution >= 0.6 is 0 Å². The number of carbonyl (C=O) groups excluding carboxylic acids is 2. The fraction of sp³-hybridized carbons (Fsp3) is 0.235. The molecule has 3 heterocycles. The molecule has 0 aliphatic carbocycles. The Labute approximate surface area is 137 Å². The Morgan fingerprint density at radius 3 is 3.00 bits per heavy atom. The van der Waals surface area contributed by atoms with E-state index in [0.717, 1.165) is 11.0 Å². The molecular weight excluding hydrogens is 308 g/mol. The highest BCUT2D eigenvalue weighted by atomic mass is 16.3. The quantitative estimate of drug-likeness (QED) is 0.793. The van der Waals surface area contributed by atoms with E-state index in [1.165, 1.54) is 0 Å². The fourth-order valence-electron chi connectivity index (χ4n) is 2.95. The molecule has 3 aromatic rings. The Bertz CT molecular complexity index is 884. The zero-order valence-corrected chi connectivity index (χ0v) is 12.9. The molecule has 2 amide bonds. The minimum Gasteiger partial charge on any atom is -0.467 e. The van der Waals surface area contributed by atoms with Crippen molar-refractivity contribution in [2.24, 2.45) is 5.92 Å². The van der Waals surface area contributed by atoms with Gasteiger partial charge >= 0.3 is 0 Å². The topological polar surface area (TPSA) is 80.4 Å². The lowest BCUT2D eigenvalue weighted by Gasteiger charge is -2.15. The first-order valence-electron chi connectivity index (χ1n) is 7.74. The smallest absolute Gasteiger partial charge is 0.244 e. The van der Waals surface area contributed by atoms with Gasteiger partial charge in [0.25, 0.3) is 0 Å². The predicted octanol–water partition coefficient (Wildman–Crippen LogP) is 1.75. The summed E-state index contributed by atoms with van der Waals surface area (Å²) in [6, 6.07) is 11.1. The second kappa shape index (κ2) is 5.84. The summed E-state index contributed by atoms with van der Waals surface area (Å²) in [5.74, 6) is 0.106. The molecule has 1 unspecified atom stereocenters. The van der Waals surface area contributed by atoms with Gasteiger partial charge in [0.1, 0.15) is 12.1 Å². The maximum atomic E-state index is 12.5. The van der Waals surface area contributed by atoms with Crippen LogP contribution in [-0.2, 0) is 16.1 Å². The monoisotopic (exact) mass is 324 g/mol. The molecule has 1 atom stereocenters. The molecule has 1 aliphatic rings. The van der Waals surface area contributed by atoms with Crippen LogP contribution in [0.3, 0.4) is 0 Å². The number of nitrogens with zero attached hydrogens (tertiary/aromatic N) is 3. The number of amides is 2. The number of rotatable bonds is 4. The molecule has 1 saturated heterocycles. The molecule has 122 valence electrons. The van der Waals surface area contributed by atoms with Gasteiger partial charge in [0.2, 0.25) is 11.8 Å². The lowest BCUT2D eigenvalue weighted by Crippen LogP contribution is -2.31. The van der Waals surface area contributed by atoms with Crippen LogP contribution in [0.15, 0.2) is 53.4 Å². The maximum absolute atomic E-state index is 12.5. The summed E-state index contributed by atoms with van der Waals surface area (Å²) in [6.45, 7) is 0.779. The zero-order chi connectivity index (χ0) is 16.5. The Balaban J connectivity index is 1.44. The van der Waals surface area contributed by atoms with E-state index in [1.54, 1.807) is 28.2 Å². The molecule has 0 saturated carbocycles. The first kappa shape index (κ1) is 14.5. The number of benzene rings is 1. The number of para-hydroxylation sites is 2. The Kier molecular flexibility index (Phi) is 3.53. The van der Waals surface area contributed by atoms with Crippen molar-refractivity contribution in [3.63, 3.8) is 0 Å². The third-order valence-corrected chi connectivity index (χ3v) is 4.20. The van der Waals surface area contributed by atoms with Gasteiger partial charge < -0.3 is 9.32 Å². The number of carbonyl (C=O) groups is 2. The van der Waals surface area contributed by atoms with Gasteiger partial charge in [-0.1, -0.05) is 12.1 Å². The minimum atomic E-state index is -0.381. The zero-order valence-electron chi connectivity index (χ0n) is 12.9. The van der Waals surface area contributed by atoms with Gasteiger partial charge in [0.15, 0.2) is 0 Å². The lowest BCUT2D eigenvalue weighted by atomic mass is 10.1. The third-order valence-electron chi connectivity index (χ3n) is 4.20. The summed E-state index contributed by atoms with van der Waals surface area (Å²) in [4.78, 5) is 30.5. The summed E-state index contributed by atoms with van der Waals surface area (Å²) in [6.07, 6.45) is 3.35. The van der Waals surface area contributed by atoms with Gasteiger partial charge in [0.05, 0.1) is 29.8 Å². The van der Waals surface area contributed by atoms with E-state index in [2.05, 4.69) is 10.4 Å². The molecule has 0 spiro atoms. The van der Waals surface area contributed by atoms with Crippen molar-refractivity contribution >= 4 is 22.8 Å². The summed E-state index contributed by atoms with van der Waals surface area (Å²) < 4.78 is 6.86. The van der Waals surface area contributed by atoms with E-state index in [4.69, 9.17) is 4.42 Å². The first-order chi connectivity index (χ1) is 11.7. The Hall–Kier alpha value is -3.09. The van der Waals surface area contributed by atoms with Crippen molar-refractivity contribution in [2.45, 2.75) is 13.0 Å². The van der Waals surface area contributed by atoms with Crippen molar-refractivity contribution in [1.82, 2.24) is 14.6 Å². The Morgan fingerprint density at radius 1 is 1.29 bits per heavy atom. The van der Waals surface area contributed by atoms with Gasteiger partial charge in [-0.2, -0.15) is 0 Å². The van der Waals surface area contributed by atoms with Crippen molar-refractivity contribution in [3.8, 4) is 0 Å². The molecule has 2 aromatic heterocycles. The second-order valence-corrected chi connectivity index (χ2v) is 5.83. The average molecular weight is 324 g/mol. The van der Waals surface area contributed by atoms with Crippen LogP contribution in [0, 0.1) is 5.92 Å². The Morgan fingerprint density at radius 2 is 2.17 bits per heavy atom. The summed E-state index contributed by atoms with van der Waals surface area (Å²) >= 11 is 0. The van der Waals surface area contributed by atoms with E-state index >= 15 is 0 Å². The van der Waals surface area contributed by atoms with E-state index in [-0.39, 0.29) is 24.2 Å². The number of likely N-dealkylation sites (tertiary alicyclic amines) is 1. The molecule has 0 bridgehead atoms. The predicted molar refractivity (Wildman–Crippen MR) is 86.3 cm³/mol. The average Bonchev–Trinajstić information content (AvgIpc) is 3.30. The van der Waals surface area contributed by atoms with E-state index in [1.807, 2.05) is 30.3 Å². The van der Waals surface area contributed by atoms with Gasteiger partial charge in [-0.25, -0.2) is 9.66 Å². The fourth-order valence-corrected chi connectivity index (χ4v) is 2.95. The molecule has 0 radical (unpaired) electrons. The largest absolute Gasteiger partial charge is 0.467 e. The number of nitrogens with one attached hydrogen (secondary N) is 1. The van der Waals surface area contributed by atoms with Crippen LogP contribution in [-0.4, -0.2) is 32.9 Å². The molecular formula is C17H16N4O3. The highest BCUT2D eigenvalue weighted by molar-refractivity contribution is 5.94. The highest BCUT2D eigenvalue weighted by Crippen LogP contribution is 2.21. The number of hydrogen-bond acceptors (Lipinski definition) is 4. The van der Waals surface area contributed by atoms with E-state index in [9.17, 15) is 9.59 Å². The van der Waals surface area contributed by atoms with Gasteiger partial charge in [-0.3, -0.25) is 15.0 Å². The van der Waals surface area contributed by atoms with Gasteiger partial charge in [-0.05, 0) is 24.3 Å². The summed E-state index contributed by atoms with van der Waals surface area (Å²) in [7, 11) is 0. The van der Waals surface area contributed by atoms with Crippen molar-refractivity contribution in [2.75, 3.05) is 12.0 Å². The standard InChI is InChI=1S/C17H16N4O3/c22-16-8-12(9-20(16)10-13-4-3-7-24-13)17(23)19-21-11-18-14-5-1-2-6-15(14)21/h1-7,11-12H,8-10H2,(H,19,23). The number of imidazole rings is 1. The molecule has 1 aromatic carbocycles. The van der Waals surface area contributed by atoms with Crippen molar-refractivity contribution in [3.05, 3.63) is 54.7 Å². The molecule has 4 rings (SSSR count). The first-order valence-corrected chi connectivity index (χ1v) is 7.74. The van der Waals surface area contributed by atoms with Gasteiger partial charge in [-0.15, -0.1) is 0 Å². The lowest BCUT2D eigenvalue weighted by molar-refractivity contribution is -0.129. The third kappa shape index (κ3) is 2.64. The van der Waals surface area contributed by atoms with Crippen molar-refractivity contribution in [1.29, 1.82) is 0 Å². The molecule has 7 nitrogen and oxygen atoms in total. The highest BCUT2D eigenvalue weighted by Gasteiger charge is 2.34. The number of aromatic nitrogens is 2. The van der Waals surface area contributed by atoms with Crippen LogP contribution in [0.4, 0.5) is 0 Å². The van der Waals surface area contributed by atoms with E-state index in [0.29, 0.717) is 18.8 Å². The maximum Gasteiger partial charge on any atom is 0.244 e. The van der Waals surface area contributed by atoms with Crippen LogP contribution in [0.25, 0.3) is 11.0 Å². The van der Waals surface area contributed by atoms with Gasteiger partial charge in [0, 0.05) is 13.0 Å². The summed E-state index contributed by atoms with van der Waals surface area (Å²) in [5.41, 5.74) is 4.45. The van der Waals surface area contributed by atoms with Crippen LogP contribution in [0.1, 0.15) is 12.2 Å². The molecule has 1 N–H and O–H groups in total. The molecule has 1 aliphatic heterocycles. The SMILES string of the molecule is O=C(Nn1cnc2ccccc21)C1CC(=O)N(Cc2ccco2)C1. The normalized spacial score (nSPS) is 17.6. The number of fused-ring (bicyclic) bond motifs is 1.